The molecule has 2 rings (SSSR count). The second kappa shape index (κ2) is 7.02. The maximum Gasteiger partial charge on any atom is 0.144 e. The van der Waals surface area contributed by atoms with Gasteiger partial charge in [0.1, 0.15) is 11.4 Å². The third-order valence-electron chi connectivity index (χ3n) is 3.40. The SMILES string of the molecule is COc1cc(Cn2nc(C)cc2C)c(Br)c(N)c1NCCO. The summed E-state index contributed by atoms with van der Waals surface area (Å²) < 4.78 is 8.15. The number of halogens is 1. The molecule has 6 nitrogen and oxygen atoms in total. The molecule has 22 heavy (non-hydrogen) atoms. The number of ether oxygens (including phenoxy) is 1. The van der Waals surface area contributed by atoms with Crippen LogP contribution in [0, 0.1) is 13.8 Å². The first-order valence-corrected chi connectivity index (χ1v) is 7.77. The lowest BCUT2D eigenvalue weighted by Gasteiger charge is -2.18. The normalized spacial score (nSPS) is 10.8. The van der Waals surface area contributed by atoms with Crippen LogP contribution in [-0.2, 0) is 6.54 Å². The molecule has 0 aliphatic rings. The van der Waals surface area contributed by atoms with Gasteiger partial charge < -0.3 is 20.9 Å². The number of aryl methyl sites for hydroxylation is 2. The largest absolute Gasteiger partial charge is 0.494 e. The van der Waals surface area contributed by atoms with Crippen molar-refractivity contribution in [1.82, 2.24) is 9.78 Å². The van der Waals surface area contributed by atoms with Crippen molar-refractivity contribution in [1.29, 1.82) is 0 Å². The molecule has 7 heteroatoms. The van der Waals surface area contributed by atoms with E-state index in [4.69, 9.17) is 15.6 Å². The third-order valence-corrected chi connectivity index (χ3v) is 4.33. The molecule has 0 saturated carbocycles. The summed E-state index contributed by atoms with van der Waals surface area (Å²) in [5.41, 5.74) is 10.5. The van der Waals surface area contributed by atoms with Crippen molar-refractivity contribution in [2.45, 2.75) is 20.4 Å². The van der Waals surface area contributed by atoms with Gasteiger partial charge in [-0.05, 0) is 47.5 Å². The molecule has 0 spiro atoms. The molecule has 2 aromatic rings. The predicted octanol–water partition coefficient (Wildman–Crippen LogP) is 2.31. The van der Waals surface area contributed by atoms with Gasteiger partial charge in [0.2, 0.25) is 0 Å². The minimum Gasteiger partial charge on any atom is -0.494 e. The predicted molar refractivity (Wildman–Crippen MR) is 91.5 cm³/mol. The summed E-state index contributed by atoms with van der Waals surface area (Å²) in [7, 11) is 1.60. The average Bonchev–Trinajstić information content (AvgIpc) is 2.80. The molecule has 120 valence electrons. The molecular weight excluding hydrogens is 348 g/mol. The fourth-order valence-electron chi connectivity index (χ4n) is 2.34. The molecule has 0 radical (unpaired) electrons. The van der Waals surface area contributed by atoms with Crippen LogP contribution in [-0.4, -0.2) is 35.1 Å². The fourth-order valence-corrected chi connectivity index (χ4v) is 2.78. The first-order valence-electron chi connectivity index (χ1n) is 6.98. The third kappa shape index (κ3) is 3.36. The number of hydrogen-bond acceptors (Lipinski definition) is 5. The van der Waals surface area contributed by atoms with Gasteiger partial charge in [-0.2, -0.15) is 5.10 Å². The topological polar surface area (TPSA) is 85.3 Å². The molecule has 0 aliphatic heterocycles. The van der Waals surface area contributed by atoms with Gasteiger partial charge in [-0.15, -0.1) is 0 Å². The van der Waals surface area contributed by atoms with E-state index in [9.17, 15) is 0 Å². The molecule has 0 saturated heterocycles. The van der Waals surface area contributed by atoms with E-state index in [1.165, 1.54) is 0 Å². The highest BCUT2D eigenvalue weighted by molar-refractivity contribution is 9.10. The minimum absolute atomic E-state index is 0.0216. The number of nitrogens with one attached hydrogen (secondary N) is 1. The molecule has 0 unspecified atom stereocenters. The number of anilines is 2. The van der Waals surface area contributed by atoms with Crippen molar-refractivity contribution in [3.05, 3.63) is 33.6 Å². The lowest BCUT2D eigenvalue weighted by atomic mass is 10.1. The maximum atomic E-state index is 8.97. The molecule has 0 atom stereocenters. The van der Waals surface area contributed by atoms with E-state index in [0.717, 1.165) is 21.4 Å². The van der Waals surface area contributed by atoms with E-state index in [1.807, 2.05) is 30.7 Å². The molecule has 1 aromatic heterocycles. The number of nitrogens with zero attached hydrogens (tertiary/aromatic N) is 2. The molecule has 4 N–H and O–H groups in total. The smallest absolute Gasteiger partial charge is 0.144 e. The van der Waals surface area contributed by atoms with Crippen LogP contribution in [0.25, 0.3) is 0 Å². The number of hydrogen-bond donors (Lipinski definition) is 3. The van der Waals surface area contributed by atoms with E-state index in [2.05, 4.69) is 26.3 Å². The number of nitrogen functional groups attached to an aromatic ring is 1. The summed E-state index contributed by atoms with van der Waals surface area (Å²) in [4.78, 5) is 0. The Balaban J connectivity index is 2.40. The lowest BCUT2D eigenvalue weighted by molar-refractivity contribution is 0.311. The van der Waals surface area contributed by atoms with Gasteiger partial charge in [0.05, 0.1) is 31.6 Å². The molecule has 0 amide bonds. The van der Waals surface area contributed by atoms with Gasteiger partial charge in [-0.1, -0.05) is 0 Å². The molecule has 0 bridgehead atoms. The second-order valence-electron chi connectivity index (χ2n) is 5.08. The Bertz CT molecular complexity index is 670. The van der Waals surface area contributed by atoms with Crippen molar-refractivity contribution in [3.8, 4) is 5.75 Å². The number of nitrogens with two attached hydrogens (primary N) is 1. The van der Waals surface area contributed by atoms with E-state index in [0.29, 0.717) is 30.2 Å². The number of rotatable bonds is 6. The maximum absolute atomic E-state index is 8.97. The monoisotopic (exact) mass is 368 g/mol. The molecular formula is C15H21BrN4O2. The van der Waals surface area contributed by atoms with Gasteiger partial charge in [0, 0.05) is 16.7 Å². The molecule has 0 fully saturated rings. The number of aliphatic hydroxyl groups is 1. The summed E-state index contributed by atoms with van der Waals surface area (Å²) in [6, 6.07) is 3.96. The van der Waals surface area contributed by atoms with Crippen LogP contribution in [0.5, 0.6) is 5.75 Å². The summed E-state index contributed by atoms with van der Waals surface area (Å²) in [6.07, 6.45) is 0. The van der Waals surface area contributed by atoms with E-state index in [-0.39, 0.29) is 6.61 Å². The molecule has 1 aromatic carbocycles. The van der Waals surface area contributed by atoms with Gasteiger partial charge in [0.15, 0.2) is 0 Å². The minimum atomic E-state index is 0.0216. The Morgan fingerprint density at radius 2 is 2.14 bits per heavy atom. The summed E-state index contributed by atoms with van der Waals surface area (Å²) in [5, 5.41) is 16.5. The number of benzene rings is 1. The van der Waals surface area contributed by atoms with Crippen LogP contribution in [0.1, 0.15) is 17.0 Å². The molecule has 0 aliphatic carbocycles. The Hall–Kier alpha value is -1.73. The van der Waals surface area contributed by atoms with Crippen LogP contribution in [0.3, 0.4) is 0 Å². The van der Waals surface area contributed by atoms with Crippen LogP contribution < -0.4 is 15.8 Å². The zero-order valence-electron chi connectivity index (χ0n) is 13.0. The Labute approximate surface area is 138 Å². The quantitative estimate of drug-likeness (QED) is 0.681. The van der Waals surface area contributed by atoms with E-state index < -0.39 is 0 Å². The first kappa shape index (κ1) is 16.6. The van der Waals surface area contributed by atoms with E-state index >= 15 is 0 Å². The van der Waals surface area contributed by atoms with Gasteiger partial charge in [-0.25, -0.2) is 0 Å². The fraction of sp³-hybridized carbons (Fsp3) is 0.400. The lowest BCUT2D eigenvalue weighted by Crippen LogP contribution is -2.11. The zero-order chi connectivity index (χ0) is 16.3. The Morgan fingerprint density at radius 3 is 2.68 bits per heavy atom. The summed E-state index contributed by atoms with van der Waals surface area (Å²) >= 11 is 3.55. The van der Waals surface area contributed by atoms with Crippen molar-refractivity contribution in [2.75, 3.05) is 31.3 Å². The zero-order valence-corrected chi connectivity index (χ0v) is 14.6. The highest BCUT2D eigenvalue weighted by Crippen LogP contribution is 2.39. The standard InChI is InChI=1S/C15H21BrN4O2/c1-9-6-10(2)20(19-9)8-11-7-12(22-3)15(18-4-5-21)14(17)13(11)16/h6-7,18,21H,4-5,8,17H2,1-3H3. The number of aromatic nitrogens is 2. The number of methoxy groups -OCH3 is 1. The molecule has 1 heterocycles. The Kier molecular flexibility index (Phi) is 5.31. The van der Waals surface area contributed by atoms with Crippen LogP contribution >= 0.6 is 15.9 Å². The average molecular weight is 369 g/mol. The van der Waals surface area contributed by atoms with Crippen LogP contribution in [0.2, 0.25) is 0 Å². The van der Waals surface area contributed by atoms with Gasteiger partial charge in [0.25, 0.3) is 0 Å². The van der Waals surface area contributed by atoms with Crippen molar-refractivity contribution in [3.63, 3.8) is 0 Å². The highest BCUT2D eigenvalue weighted by atomic mass is 79.9. The first-order chi connectivity index (χ1) is 10.5. The van der Waals surface area contributed by atoms with Gasteiger partial charge in [-0.3, -0.25) is 4.68 Å². The van der Waals surface area contributed by atoms with Crippen molar-refractivity contribution < 1.29 is 9.84 Å². The Morgan fingerprint density at radius 1 is 1.41 bits per heavy atom. The van der Waals surface area contributed by atoms with Crippen molar-refractivity contribution in [2.24, 2.45) is 0 Å². The highest BCUT2D eigenvalue weighted by Gasteiger charge is 2.16. The summed E-state index contributed by atoms with van der Waals surface area (Å²) in [6.45, 7) is 5.01. The van der Waals surface area contributed by atoms with Crippen LogP contribution in [0.4, 0.5) is 11.4 Å². The van der Waals surface area contributed by atoms with E-state index in [1.54, 1.807) is 7.11 Å². The van der Waals surface area contributed by atoms with Crippen LogP contribution in [0.15, 0.2) is 16.6 Å². The second-order valence-corrected chi connectivity index (χ2v) is 5.87. The van der Waals surface area contributed by atoms with Gasteiger partial charge >= 0.3 is 0 Å². The summed E-state index contributed by atoms with van der Waals surface area (Å²) in [5.74, 6) is 0.644. The van der Waals surface area contributed by atoms with Crippen molar-refractivity contribution >= 4 is 27.3 Å². The number of aliphatic hydroxyl groups excluding tert-OH is 1.